The van der Waals surface area contributed by atoms with Crippen LogP contribution in [0.15, 0.2) is 6.33 Å². The molecule has 0 spiro atoms. The highest BCUT2D eigenvalue weighted by atomic mass is 32.5. The van der Waals surface area contributed by atoms with Gasteiger partial charge in [0, 0.05) is 13.0 Å². The normalized spacial score (nSPS) is 23.2. The lowest BCUT2D eigenvalue weighted by molar-refractivity contribution is -0.145. The second-order valence-electron chi connectivity index (χ2n) is 7.56. The molecule has 12 nitrogen and oxygen atoms in total. The molecule has 0 amide bonds. The molecule has 1 aliphatic rings. The van der Waals surface area contributed by atoms with Crippen molar-refractivity contribution in [1.29, 1.82) is 0 Å². The van der Waals surface area contributed by atoms with Crippen LogP contribution in [0.1, 0.15) is 33.4 Å². The molecule has 0 radical (unpaired) electrons. The average molecular weight is 473 g/mol. The first-order valence-electron chi connectivity index (χ1n) is 9.84. The zero-order valence-corrected chi connectivity index (χ0v) is 19.5. The molecule has 5 N–H and O–H groups in total. The molecule has 31 heavy (non-hydrogen) atoms. The Labute approximate surface area is 185 Å². The lowest BCUT2D eigenvalue weighted by Crippen LogP contribution is -2.26. The van der Waals surface area contributed by atoms with Crippen molar-refractivity contribution in [2.24, 2.45) is 5.92 Å². The Bertz CT molecular complexity index is 987. The number of imidazole rings is 1. The first kappa shape index (κ1) is 23.8. The van der Waals surface area contributed by atoms with Crippen LogP contribution in [-0.4, -0.2) is 62.8 Å². The molecule has 1 saturated heterocycles. The summed E-state index contributed by atoms with van der Waals surface area (Å²) < 4.78 is 18.4. The Morgan fingerprint density at radius 1 is 1.52 bits per heavy atom. The van der Waals surface area contributed by atoms with Crippen molar-refractivity contribution in [2.45, 2.75) is 45.6 Å². The van der Waals surface area contributed by atoms with E-state index in [-0.39, 0.29) is 43.5 Å². The molecule has 172 valence electrons. The molecular weight excluding hydrogens is 445 g/mol. The van der Waals surface area contributed by atoms with E-state index in [1.807, 2.05) is 11.5 Å². The SMILES string of the molecule is CNc1nc(N)nc2c1ncn2[C@@H]1OC(COP(O)(=S)NCC(=O)OC(C)C)C[C@@H]1C. The smallest absolute Gasteiger partial charge is 0.320 e. The van der Waals surface area contributed by atoms with Gasteiger partial charge in [-0.25, -0.2) is 10.1 Å². The van der Waals surface area contributed by atoms with Gasteiger partial charge in [-0.2, -0.15) is 9.97 Å². The molecular formula is C17H28N7O5PS. The zero-order valence-electron chi connectivity index (χ0n) is 17.8. The highest BCUT2D eigenvalue weighted by Crippen LogP contribution is 2.41. The molecule has 14 heteroatoms. The van der Waals surface area contributed by atoms with E-state index in [0.717, 1.165) is 0 Å². The summed E-state index contributed by atoms with van der Waals surface area (Å²) in [7, 11) is 1.73. The Morgan fingerprint density at radius 3 is 2.94 bits per heavy atom. The van der Waals surface area contributed by atoms with Crippen molar-refractivity contribution >= 4 is 47.3 Å². The van der Waals surface area contributed by atoms with Gasteiger partial charge in [0.05, 0.1) is 25.1 Å². The van der Waals surface area contributed by atoms with Crippen LogP contribution in [0, 0.1) is 5.92 Å². The maximum atomic E-state index is 11.6. The fraction of sp³-hybridized carbons (Fsp3) is 0.647. The van der Waals surface area contributed by atoms with Gasteiger partial charge in [0.15, 0.2) is 17.0 Å². The summed E-state index contributed by atoms with van der Waals surface area (Å²) in [5.41, 5.74) is 6.98. The third-order valence-electron chi connectivity index (χ3n) is 4.63. The van der Waals surface area contributed by atoms with Crippen LogP contribution in [0.3, 0.4) is 0 Å². The third kappa shape index (κ3) is 5.88. The van der Waals surface area contributed by atoms with Gasteiger partial charge < -0.3 is 29.9 Å². The lowest BCUT2D eigenvalue weighted by Gasteiger charge is -2.20. The minimum absolute atomic E-state index is 0.0758. The predicted octanol–water partition coefficient (Wildman–Crippen LogP) is 1.15. The molecule has 0 saturated carbocycles. The first-order chi connectivity index (χ1) is 14.6. The van der Waals surface area contributed by atoms with E-state index in [0.29, 0.717) is 23.4 Å². The molecule has 2 unspecified atom stereocenters. The number of nitrogen functional groups attached to an aromatic ring is 1. The average Bonchev–Trinajstić information content (AvgIpc) is 3.26. The number of rotatable bonds is 9. The number of hydrogen-bond donors (Lipinski definition) is 4. The Kier molecular flexibility index (Phi) is 7.45. The number of esters is 1. The highest BCUT2D eigenvalue weighted by Gasteiger charge is 2.36. The second-order valence-corrected chi connectivity index (χ2v) is 10.7. The minimum Gasteiger partial charge on any atom is -0.462 e. The van der Waals surface area contributed by atoms with E-state index in [4.69, 9.17) is 31.5 Å². The van der Waals surface area contributed by atoms with Crippen molar-refractivity contribution in [3.8, 4) is 0 Å². The van der Waals surface area contributed by atoms with Crippen LogP contribution in [0.4, 0.5) is 11.8 Å². The number of nitrogens with zero attached hydrogens (tertiary/aromatic N) is 4. The molecule has 4 atom stereocenters. The van der Waals surface area contributed by atoms with Crippen LogP contribution in [-0.2, 0) is 30.6 Å². The van der Waals surface area contributed by atoms with E-state index in [9.17, 15) is 9.69 Å². The Hall–Kier alpha value is -1.89. The fourth-order valence-electron chi connectivity index (χ4n) is 3.36. The van der Waals surface area contributed by atoms with Gasteiger partial charge in [-0.05, 0) is 32.1 Å². The van der Waals surface area contributed by atoms with E-state index in [2.05, 4.69) is 25.4 Å². The number of aromatic nitrogens is 4. The van der Waals surface area contributed by atoms with Crippen molar-refractivity contribution < 1.29 is 23.7 Å². The molecule has 0 aromatic carbocycles. The summed E-state index contributed by atoms with van der Waals surface area (Å²) >= 11 is 5.07. The molecule has 1 aliphatic heterocycles. The van der Waals surface area contributed by atoms with Gasteiger partial charge in [-0.15, -0.1) is 0 Å². The van der Waals surface area contributed by atoms with E-state index >= 15 is 0 Å². The highest BCUT2D eigenvalue weighted by molar-refractivity contribution is 8.08. The van der Waals surface area contributed by atoms with Gasteiger partial charge in [0.1, 0.15) is 12.8 Å². The van der Waals surface area contributed by atoms with Crippen molar-refractivity contribution in [1.82, 2.24) is 24.6 Å². The van der Waals surface area contributed by atoms with Crippen LogP contribution >= 0.6 is 6.64 Å². The number of nitrogens with two attached hydrogens (primary N) is 1. The number of nitrogens with one attached hydrogen (secondary N) is 2. The minimum atomic E-state index is -3.36. The summed E-state index contributed by atoms with van der Waals surface area (Å²) in [6.45, 7) is 2.00. The molecule has 0 aliphatic carbocycles. The Morgan fingerprint density at radius 2 is 2.26 bits per heavy atom. The van der Waals surface area contributed by atoms with E-state index in [1.54, 1.807) is 27.2 Å². The van der Waals surface area contributed by atoms with Crippen LogP contribution in [0.5, 0.6) is 0 Å². The predicted molar refractivity (Wildman–Crippen MR) is 119 cm³/mol. The van der Waals surface area contributed by atoms with Crippen molar-refractivity contribution in [2.75, 3.05) is 31.2 Å². The molecule has 3 heterocycles. The molecule has 0 bridgehead atoms. The second kappa shape index (κ2) is 9.72. The number of ether oxygens (including phenoxy) is 2. The molecule has 2 aromatic heterocycles. The maximum absolute atomic E-state index is 11.6. The number of anilines is 2. The maximum Gasteiger partial charge on any atom is 0.320 e. The topological polar surface area (TPSA) is 159 Å². The first-order valence-corrected chi connectivity index (χ1v) is 12.5. The number of carbonyl (C=O) groups is 1. The van der Waals surface area contributed by atoms with Gasteiger partial charge in [0.25, 0.3) is 6.64 Å². The lowest BCUT2D eigenvalue weighted by atomic mass is 10.1. The largest absolute Gasteiger partial charge is 0.462 e. The molecule has 1 fully saturated rings. The van der Waals surface area contributed by atoms with Crippen molar-refractivity contribution in [3.63, 3.8) is 0 Å². The zero-order chi connectivity index (χ0) is 22.8. The van der Waals surface area contributed by atoms with Crippen LogP contribution < -0.4 is 16.1 Å². The van der Waals surface area contributed by atoms with Crippen LogP contribution in [0.25, 0.3) is 11.2 Å². The number of hydrogen-bond acceptors (Lipinski definition) is 10. The summed E-state index contributed by atoms with van der Waals surface area (Å²) in [5, 5.41) is 5.52. The number of fused-ring (bicyclic) bond motifs is 1. The quantitative estimate of drug-likeness (QED) is 0.304. The Balaban J connectivity index is 1.61. The third-order valence-corrected chi connectivity index (χ3v) is 6.39. The molecule has 3 rings (SSSR count). The summed E-state index contributed by atoms with van der Waals surface area (Å²) in [4.78, 5) is 34.7. The summed E-state index contributed by atoms with van der Waals surface area (Å²) in [6.07, 6.45) is 1.42. The van der Waals surface area contributed by atoms with Gasteiger partial charge in [0.2, 0.25) is 5.95 Å². The molecule has 2 aromatic rings. The van der Waals surface area contributed by atoms with E-state index in [1.165, 1.54) is 0 Å². The van der Waals surface area contributed by atoms with Crippen LogP contribution in [0.2, 0.25) is 0 Å². The van der Waals surface area contributed by atoms with Crippen molar-refractivity contribution in [3.05, 3.63) is 6.33 Å². The monoisotopic (exact) mass is 473 g/mol. The fourth-order valence-corrected chi connectivity index (χ4v) is 4.52. The van der Waals surface area contributed by atoms with E-state index < -0.39 is 12.6 Å². The van der Waals surface area contributed by atoms with Gasteiger partial charge >= 0.3 is 5.97 Å². The summed E-state index contributed by atoms with van der Waals surface area (Å²) in [5.74, 6) is 0.273. The standard InChI is InChI=1S/C17H28N7O5PS/c1-9(2)28-12(25)6-21-30(26,31)27-7-11-5-10(3)16(29-11)24-8-20-13-14(19-4)22-17(18)23-15(13)24/h8-11,16H,5-7H2,1-4H3,(H2,21,26,31)(H3,18,19,22,23)/t10-,11?,16+,30?/m0/s1. The summed E-state index contributed by atoms with van der Waals surface area (Å²) in [6, 6.07) is 0. The van der Waals surface area contributed by atoms with Gasteiger partial charge in [-0.3, -0.25) is 9.36 Å². The number of carbonyl (C=O) groups excluding carboxylic acids is 1. The van der Waals surface area contributed by atoms with Gasteiger partial charge in [-0.1, -0.05) is 6.92 Å².